The molecule has 2 rings (SSSR count). The van der Waals surface area contributed by atoms with E-state index in [-0.39, 0.29) is 6.04 Å². The van der Waals surface area contributed by atoms with Crippen LogP contribution in [0.3, 0.4) is 0 Å². The minimum atomic E-state index is -0.0969. The minimum Gasteiger partial charge on any atom is -0.496 e. The number of aromatic nitrogens is 2. The molecule has 2 heterocycles. The Morgan fingerprint density at radius 2 is 2.50 bits per heavy atom. The van der Waals surface area contributed by atoms with Crippen LogP contribution in [-0.2, 0) is 18.2 Å². The van der Waals surface area contributed by atoms with E-state index in [9.17, 15) is 0 Å². The van der Waals surface area contributed by atoms with Crippen LogP contribution in [0.4, 0.5) is 0 Å². The zero-order chi connectivity index (χ0) is 11.5. The second kappa shape index (κ2) is 4.67. The summed E-state index contributed by atoms with van der Waals surface area (Å²) < 4.78 is 7.39. The lowest BCUT2D eigenvalue weighted by Gasteiger charge is -2.17. The number of nitrogens with one attached hydrogen (secondary N) is 1. The van der Waals surface area contributed by atoms with E-state index < -0.39 is 0 Å². The largest absolute Gasteiger partial charge is 0.496 e. The molecule has 0 fully saturated rings. The maximum Gasteiger partial charge on any atom is 0.120 e. The molecule has 5 heteroatoms. The van der Waals surface area contributed by atoms with Gasteiger partial charge in [0.25, 0.3) is 0 Å². The smallest absolute Gasteiger partial charge is 0.120 e. The van der Waals surface area contributed by atoms with Crippen LogP contribution in [0.25, 0.3) is 0 Å². The Morgan fingerprint density at radius 1 is 1.69 bits per heavy atom. The van der Waals surface area contributed by atoms with E-state index >= 15 is 0 Å². The third kappa shape index (κ3) is 1.96. The van der Waals surface area contributed by atoms with E-state index in [1.807, 2.05) is 11.7 Å². The highest BCUT2D eigenvalue weighted by Crippen LogP contribution is 2.26. The van der Waals surface area contributed by atoms with Crippen molar-refractivity contribution in [2.75, 3.05) is 6.61 Å². The molecular weight excluding hydrogens is 204 g/mol. The second-order valence-electron chi connectivity index (χ2n) is 3.88. The van der Waals surface area contributed by atoms with E-state index in [0.717, 1.165) is 36.6 Å². The molecule has 0 saturated heterocycles. The van der Waals surface area contributed by atoms with Crippen molar-refractivity contribution in [1.29, 1.82) is 0 Å². The molecule has 0 aromatic carbocycles. The van der Waals surface area contributed by atoms with E-state index in [1.54, 1.807) is 0 Å². The molecule has 0 bridgehead atoms. The highest BCUT2D eigenvalue weighted by Gasteiger charge is 2.22. The first-order valence-corrected chi connectivity index (χ1v) is 5.58. The first kappa shape index (κ1) is 11.2. The van der Waals surface area contributed by atoms with E-state index in [0.29, 0.717) is 0 Å². The van der Waals surface area contributed by atoms with Crippen LogP contribution in [0.15, 0.2) is 17.9 Å². The van der Waals surface area contributed by atoms with Crippen molar-refractivity contribution in [2.45, 2.75) is 25.8 Å². The molecule has 88 valence electrons. The maximum absolute atomic E-state index is 5.59. The number of hydrazine groups is 1. The summed E-state index contributed by atoms with van der Waals surface area (Å²) in [6.45, 7) is 2.83. The van der Waals surface area contributed by atoms with Gasteiger partial charge in [0, 0.05) is 13.5 Å². The predicted octanol–water partition coefficient (Wildman–Crippen LogP) is 0.791. The number of nitrogens with zero attached hydrogens (tertiary/aromatic N) is 2. The number of rotatable bonds is 4. The molecule has 1 aliphatic heterocycles. The van der Waals surface area contributed by atoms with Crippen molar-refractivity contribution >= 4 is 0 Å². The Bertz CT molecular complexity index is 397. The molecule has 0 amide bonds. The van der Waals surface area contributed by atoms with Crippen molar-refractivity contribution in [3.8, 4) is 0 Å². The number of aryl methyl sites for hydroxylation is 2. The van der Waals surface area contributed by atoms with Gasteiger partial charge in [-0.05, 0) is 18.6 Å². The van der Waals surface area contributed by atoms with Crippen molar-refractivity contribution in [1.82, 2.24) is 15.2 Å². The van der Waals surface area contributed by atoms with Gasteiger partial charge in [-0.15, -0.1) is 0 Å². The lowest BCUT2D eigenvalue weighted by atomic mass is 10.1. The van der Waals surface area contributed by atoms with E-state index in [1.165, 1.54) is 0 Å². The standard InChI is InChI=1S/C11H18N4O/c1-3-8-7-9(15(2)14-8)11(13-12)10-5-4-6-16-10/h5,7,11,13H,3-4,6,12H2,1-2H3. The number of hydrogen-bond acceptors (Lipinski definition) is 4. The third-order valence-electron chi connectivity index (χ3n) is 2.81. The van der Waals surface area contributed by atoms with Gasteiger partial charge in [-0.3, -0.25) is 10.5 Å². The fraction of sp³-hybridized carbons (Fsp3) is 0.545. The average molecular weight is 222 g/mol. The number of nitrogens with two attached hydrogens (primary N) is 1. The van der Waals surface area contributed by atoms with Gasteiger partial charge in [0.05, 0.1) is 18.0 Å². The van der Waals surface area contributed by atoms with Crippen LogP contribution < -0.4 is 11.3 Å². The fourth-order valence-electron chi connectivity index (χ4n) is 1.94. The zero-order valence-corrected chi connectivity index (χ0v) is 9.73. The molecule has 1 aromatic heterocycles. The highest BCUT2D eigenvalue weighted by atomic mass is 16.5. The van der Waals surface area contributed by atoms with Crippen LogP contribution in [0, 0.1) is 0 Å². The molecule has 1 aromatic rings. The molecule has 1 atom stereocenters. The van der Waals surface area contributed by atoms with Crippen LogP contribution in [0.5, 0.6) is 0 Å². The molecule has 16 heavy (non-hydrogen) atoms. The zero-order valence-electron chi connectivity index (χ0n) is 9.73. The number of hydrogen-bond donors (Lipinski definition) is 2. The molecule has 0 saturated carbocycles. The molecule has 3 N–H and O–H groups in total. The first-order chi connectivity index (χ1) is 7.76. The van der Waals surface area contributed by atoms with Crippen LogP contribution in [0.1, 0.15) is 30.8 Å². The van der Waals surface area contributed by atoms with Crippen LogP contribution in [-0.4, -0.2) is 16.4 Å². The SMILES string of the molecule is CCc1cc(C(NN)C2=CCCO2)n(C)n1. The molecule has 1 aliphatic rings. The summed E-state index contributed by atoms with van der Waals surface area (Å²) in [5, 5.41) is 4.41. The number of ether oxygens (including phenoxy) is 1. The van der Waals surface area contributed by atoms with Crippen LogP contribution >= 0.6 is 0 Å². The first-order valence-electron chi connectivity index (χ1n) is 5.58. The molecule has 0 spiro atoms. The Hall–Kier alpha value is -1.33. The summed E-state index contributed by atoms with van der Waals surface area (Å²) in [5.41, 5.74) is 4.89. The van der Waals surface area contributed by atoms with E-state index in [2.05, 4.69) is 29.6 Å². The maximum atomic E-state index is 5.59. The predicted molar refractivity (Wildman–Crippen MR) is 61.3 cm³/mol. The third-order valence-corrected chi connectivity index (χ3v) is 2.81. The van der Waals surface area contributed by atoms with Gasteiger partial charge in [0.15, 0.2) is 0 Å². The topological polar surface area (TPSA) is 65.1 Å². The molecule has 0 aliphatic carbocycles. The van der Waals surface area contributed by atoms with Gasteiger partial charge < -0.3 is 4.74 Å². The lowest BCUT2D eigenvalue weighted by Crippen LogP contribution is -2.31. The van der Waals surface area contributed by atoms with Crippen molar-refractivity contribution < 1.29 is 4.74 Å². The Kier molecular flexibility index (Phi) is 3.26. The van der Waals surface area contributed by atoms with Gasteiger partial charge in [0.2, 0.25) is 0 Å². The van der Waals surface area contributed by atoms with Gasteiger partial charge in [0.1, 0.15) is 11.8 Å². The van der Waals surface area contributed by atoms with Crippen molar-refractivity contribution in [3.63, 3.8) is 0 Å². The second-order valence-corrected chi connectivity index (χ2v) is 3.88. The summed E-state index contributed by atoms with van der Waals surface area (Å²) >= 11 is 0. The highest BCUT2D eigenvalue weighted by molar-refractivity contribution is 5.22. The van der Waals surface area contributed by atoms with E-state index in [4.69, 9.17) is 10.6 Å². The monoisotopic (exact) mass is 222 g/mol. The fourth-order valence-corrected chi connectivity index (χ4v) is 1.94. The molecule has 0 radical (unpaired) electrons. The Morgan fingerprint density at radius 3 is 3.00 bits per heavy atom. The Labute approximate surface area is 95.2 Å². The quantitative estimate of drug-likeness (QED) is 0.584. The summed E-state index contributed by atoms with van der Waals surface area (Å²) in [6.07, 6.45) is 3.94. The lowest BCUT2D eigenvalue weighted by molar-refractivity contribution is 0.213. The summed E-state index contributed by atoms with van der Waals surface area (Å²) in [6, 6.07) is 1.97. The molecular formula is C11H18N4O. The molecule has 1 unspecified atom stereocenters. The summed E-state index contributed by atoms with van der Waals surface area (Å²) in [5.74, 6) is 6.49. The van der Waals surface area contributed by atoms with Crippen molar-refractivity contribution in [2.24, 2.45) is 12.9 Å². The minimum absolute atomic E-state index is 0.0969. The Balaban J connectivity index is 2.28. The average Bonchev–Trinajstić information content (AvgIpc) is 2.91. The van der Waals surface area contributed by atoms with Gasteiger partial charge in [-0.1, -0.05) is 6.92 Å². The van der Waals surface area contributed by atoms with Gasteiger partial charge >= 0.3 is 0 Å². The van der Waals surface area contributed by atoms with Crippen molar-refractivity contribution in [3.05, 3.63) is 29.3 Å². The summed E-state index contributed by atoms with van der Waals surface area (Å²) in [7, 11) is 1.92. The normalized spacial score (nSPS) is 17.1. The van der Waals surface area contributed by atoms with Gasteiger partial charge in [-0.2, -0.15) is 5.10 Å². The van der Waals surface area contributed by atoms with Gasteiger partial charge in [-0.25, -0.2) is 5.43 Å². The van der Waals surface area contributed by atoms with Crippen LogP contribution in [0.2, 0.25) is 0 Å². The summed E-state index contributed by atoms with van der Waals surface area (Å²) in [4.78, 5) is 0. The molecule has 5 nitrogen and oxygen atoms in total.